The molecule has 0 saturated carbocycles. The van der Waals surface area contributed by atoms with E-state index >= 15 is 0 Å². The Kier molecular flexibility index (Phi) is 3.91. The van der Waals surface area contributed by atoms with Crippen LogP contribution in [0.3, 0.4) is 0 Å². The van der Waals surface area contributed by atoms with Crippen molar-refractivity contribution in [2.75, 3.05) is 13.1 Å². The van der Waals surface area contributed by atoms with Crippen molar-refractivity contribution < 1.29 is 4.74 Å². The Morgan fingerprint density at radius 1 is 1.09 bits per heavy atom. The second-order valence-electron chi connectivity index (χ2n) is 6.27. The lowest BCUT2D eigenvalue weighted by Gasteiger charge is -2.42. The summed E-state index contributed by atoms with van der Waals surface area (Å²) in [6.07, 6.45) is 1.45. The highest BCUT2D eigenvalue weighted by Crippen LogP contribution is 2.39. The van der Waals surface area contributed by atoms with Crippen LogP contribution in [-0.2, 0) is 17.9 Å². The van der Waals surface area contributed by atoms with Crippen LogP contribution in [-0.4, -0.2) is 24.1 Å². The van der Waals surface area contributed by atoms with Crippen LogP contribution in [0.1, 0.15) is 29.0 Å². The molecule has 0 aromatic heterocycles. The van der Waals surface area contributed by atoms with Crippen molar-refractivity contribution in [2.24, 2.45) is 0 Å². The van der Waals surface area contributed by atoms with Crippen LogP contribution in [0.25, 0.3) is 0 Å². The fourth-order valence-electron chi connectivity index (χ4n) is 3.75. The molecular formula is C19H20ClNO. The van der Waals surface area contributed by atoms with Crippen LogP contribution >= 0.6 is 11.6 Å². The number of likely N-dealkylation sites (tertiary alicyclic amines) is 1. The topological polar surface area (TPSA) is 12.5 Å². The van der Waals surface area contributed by atoms with E-state index in [0.29, 0.717) is 18.6 Å². The van der Waals surface area contributed by atoms with E-state index in [4.69, 9.17) is 16.3 Å². The molecule has 0 aliphatic carbocycles. The molecule has 2 nitrogen and oxygen atoms in total. The lowest BCUT2D eigenvalue weighted by molar-refractivity contribution is -0.0325. The van der Waals surface area contributed by atoms with Gasteiger partial charge in [0.2, 0.25) is 0 Å². The van der Waals surface area contributed by atoms with E-state index in [1.165, 1.54) is 16.7 Å². The molecule has 114 valence electrons. The van der Waals surface area contributed by atoms with Crippen molar-refractivity contribution in [2.45, 2.75) is 31.6 Å². The Morgan fingerprint density at radius 3 is 2.82 bits per heavy atom. The summed E-state index contributed by atoms with van der Waals surface area (Å²) in [5.41, 5.74) is 3.96. The zero-order valence-corrected chi connectivity index (χ0v) is 13.3. The summed E-state index contributed by atoms with van der Waals surface area (Å²) in [6, 6.07) is 17.0. The number of benzene rings is 2. The molecule has 2 aromatic carbocycles. The van der Waals surface area contributed by atoms with Crippen LogP contribution in [0.15, 0.2) is 48.5 Å². The van der Waals surface area contributed by atoms with Crippen molar-refractivity contribution in [3.05, 3.63) is 70.2 Å². The summed E-state index contributed by atoms with van der Waals surface area (Å²) in [7, 11) is 0. The van der Waals surface area contributed by atoms with Crippen molar-refractivity contribution in [3.8, 4) is 0 Å². The summed E-state index contributed by atoms with van der Waals surface area (Å²) in [5.74, 6) is 0.444. The maximum atomic E-state index is 6.35. The number of rotatable bonds is 2. The number of fused-ring (bicyclic) bond motifs is 3. The summed E-state index contributed by atoms with van der Waals surface area (Å²) in [4.78, 5) is 2.54. The van der Waals surface area contributed by atoms with Crippen molar-refractivity contribution in [1.29, 1.82) is 0 Å². The number of piperidine rings is 1. The van der Waals surface area contributed by atoms with E-state index in [9.17, 15) is 0 Å². The summed E-state index contributed by atoms with van der Waals surface area (Å²) in [6.45, 7) is 3.83. The Balaban J connectivity index is 1.56. The highest BCUT2D eigenvalue weighted by molar-refractivity contribution is 6.31. The van der Waals surface area contributed by atoms with Gasteiger partial charge in [0.25, 0.3) is 0 Å². The quantitative estimate of drug-likeness (QED) is 0.822. The number of nitrogens with zero attached hydrogens (tertiary/aromatic N) is 1. The Morgan fingerprint density at radius 2 is 1.95 bits per heavy atom. The third kappa shape index (κ3) is 2.67. The molecule has 2 aliphatic heterocycles. The predicted octanol–water partition coefficient (Wildman–Crippen LogP) is 4.23. The van der Waals surface area contributed by atoms with Crippen LogP contribution < -0.4 is 0 Å². The lowest BCUT2D eigenvalue weighted by atomic mass is 9.83. The Hall–Kier alpha value is -1.35. The molecule has 2 heterocycles. The molecule has 0 amide bonds. The summed E-state index contributed by atoms with van der Waals surface area (Å²) < 4.78 is 6.08. The molecule has 0 radical (unpaired) electrons. The Labute approximate surface area is 136 Å². The molecular weight excluding hydrogens is 294 g/mol. The highest BCUT2D eigenvalue weighted by atomic mass is 35.5. The molecule has 22 heavy (non-hydrogen) atoms. The first-order valence-corrected chi connectivity index (χ1v) is 8.34. The van der Waals surface area contributed by atoms with Gasteiger partial charge >= 0.3 is 0 Å². The molecule has 1 fully saturated rings. The first-order valence-electron chi connectivity index (χ1n) is 7.96. The van der Waals surface area contributed by atoms with Crippen LogP contribution in [0.2, 0.25) is 5.02 Å². The molecule has 0 spiro atoms. The average molecular weight is 314 g/mol. The monoisotopic (exact) mass is 313 g/mol. The van der Waals surface area contributed by atoms with Gasteiger partial charge in [-0.25, -0.2) is 0 Å². The first kappa shape index (κ1) is 14.3. The first-order chi connectivity index (χ1) is 10.8. The van der Waals surface area contributed by atoms with Gasteiger partial charge in [-0.15, -0.1) is 0 Å². The SMILES string of the molecule is Clc1cccc2c1COC1CCN(Cc3ccccc3)CC21. The van der Waals surface area contributed by atoms with Gasteiger partial charge in [-0.3, -0.25) is 4.90 Å². The van der Waals surface area contributed by atoms with Gasteiger partial charge in [0.05, 0.1) is 12.7 Å². The van der Waals surface area contributed by atoms with E-state index in [0.717, 1.165) is 31.1 Å². The van der Waals surface area contributed by atoms with Crippen molar-refractivity contribution >= 4 is 11.6 Å². The second kappa shape index (κ2) is 6.04. The van der Waals surface area contributed by atoms with Crippen LogP contribution in [0, 0.1) is 0 Å². The lowest BCUT2D eigenvalue weighted by Crippen LogP contribution is -2.44. The average Bonchev–Trinajstić information content (AvgIpc) is 2.56. The molecule has 3 heteroatoms. The molecule has 2 aromatic rings. The normalized spacial score (nSPS) is 24.6. The summed E-state index contributed by atoms with van der Waals surface area (Å²) in [5, 5.41) is 0.844. The smallest absolute Gasteiger partial charge is 0.0738 e. The van der Waals surface area contributed by atoms with Gasteiger partial charge in [0.1, 0.15) is 0 Å². The van der Waals surface area contributed by atoms with E-state index < -0.39 is 0 Å². The molecule has 4 rings (SSSR count). The largest absolute Gasteiger partial charge is 0.373 e. The maximum absolute atomic E-state index is 6.35. The molecule has 0 N–H and O–H groups in total. The molecule has 2 unspecified atom stereocenters. The van der Waals surface area contributed by atoms with Gasteiger partial charge < -0.3 is 4.74 Å². The van der Waals surface area contributed by atoms with Crippen molar-refractivity contribution in [3.63, 3.8) is 0 Å². The van der Waals surface area contributed by atoms with Crippen LogP contribution in [0.5, 0.6) is 0 Å². The zero-order valence-electron chi connectivity index (χ0n) is 12.5. The van der Waals surface area contributed by atoms with Crippen molar-refractivity contribution in [1.82, 2.24) is 4.90 Å². The third-order valence-electron chi connectivity index (χ3n) is 4.88. The van der Waals surface area contributed by atoms with E-state index in [1.807, 2.05) is 6.07 Å². The molecule has 1 saturated heterocycles. The number of halogens is 1. The minimum atomic E-state index is 0.345. The highest BCUT2D eigenvalue weighted by Gasteiger charge is 2.35. The van der Waals surface area contributed by atoms with Crippen LogP contribution in [0.4, 0.5) is 0 Å². The van der Waals surface area contributed by atoms with E-state index in [1.54, 1.807) is 0 Å². The van der Waals surface area contributed by atoms with E-state index in [2.05, 4.69) is 47.4 Å². The third-order valence-corrected chi connectivity index (χ3v) is 5.23. The van der Waals surface area contributed by atoms with Gasteiger partial charge in [0.15, 0.2) is 0 Å². The second-order valence-corrected chi connectivity index (χ2v) is 6.68. The molecule has 2 aliphatic rings. The van der Waals surface area contributed by atoms with Gasteiger partial charge in [-0.1, -0.05) is 54.1 Å². The Bertz CT molecular complexity index is 658. The minimum Gasteiger partial charge on any atom is -0.373 e. The molecule has 2 atom stereocenters. The van der Waals surface area contributed by atoms with Gasteiger partial charge in [-0.2, -0.15) is 0 Å². The standard InChI is InChI=1S/C19H20ClNO/c20-18-8-4-7-15-16-12-21(11-14-5-2-1-3-6-14)10-9-19(16)22-13-17(15)18/h1-8,16,19H,9-13H2. The summed E-state index contributed by atoms with van der Waals surface area (Å²) >= 11 is 6.35. The fraction of sp³-hybridized carbons (Fsp3) is 0.368. The van der Waals surface area contributed by atoms with Gasteiger partial charge in [-0.05, 0) is 29.2 Å². The minimum absolute atomic E-state index is 0.345. The van der Waals surface area contributed by atoms with Gasteiger partial charge in [0, 0.05) is 30.6 Å². The number of hydrogen-bond acceptors (Lipinski definition) is 2. The maximum Gasteiger partial charge on any atom is 0.0738 e. The predicted molar refractivity (Wildman–Crippen MR) is 89.1 cm³/mol. The zero-order chi connectivity index (χ0) is 14.9. The number of hydrogen-bond donors (Lipinski definition) is 0. The number of ether oxygens (including phenoxy) is 1. The molecule has 0 bridgehead atoms. The fourth-order valence-corrected chi connectivity index (χ4v) is 3.98. The van der Waals surface area contributed by atoms with E-state index in [-0.39, 0.29) is 0 Å².